The van der Waals surface area contributed by atoms with Gasteiger partial charge >= 0.3 is 0 Å². The molecule has 0 radical (unpaired) electrons. The first kappa shape index (κ1) is 12.3. The van der Waals surface area contributed by atoms with Gasteiger partial charge in [0.25, 0.3) is 5.91 Å². The Morgan fingerprint density at radius 1 is 1.65 bits per heavy atom. The Morgan fingerprint density at radius 3 is 3.18 bits per heavy atom. The number of ether oxygens (including phenoxy) is 1. The minimum atomic E-state index is -0.137. The summed E-state index contributed by atoms with van der Waals surface area (Å²) < 4.78 is 5.51. The highest BCUT2D eigenvalue weighted by molar-refractivity contribution is 6.29. The molecule has 1 fully saturated rings. The molecule has 1 saturated heterocycles. The zero-order valence-corrected chi connectivity index (χ0v) is 10.4. The van der Waals surface area contributed by atoms with Gasteiger partial charge in [0.05, 0.1) is 25.1 Å². The normalized spacial score (nSPS) is 20.4. The Hall–Kier alpha value is -1.20. The first-order valence-electron chi connectivity index (χ1n) is 5.59. The summed E-state index contributed by atoms with van der Waals surface area (Å²) in [6.07, 6.45) is 3.85. The van der Waals surface area contributed by atoms with E-state index in [-0.39, 0.29) is 22.9 Å². The molecule has 0 aromatic carbocycles. The van der Waals surface area contributed by atoms with Gasteiger partial charge in [-0.25, -0.2) is 4.98 Å². The summed E-state index contributed by atoms with van der Waals surface area (Å²) in [5.74, 6) is -0.137. The maximum Gasteiger partial charge on any atom is 0.274 e. The molecule has 6 heteroatoms. The van der Waals surface area contributed by atoms with Crippen molar-refractivity contribution in [2.24, 2.45) is 0 Å². The molecule has 2 rings (SSSR count). The predicted molar refractivity (Wildman–Crippen MR) is 63.0 cm³/mol. The number of rotatable bonds is 2. The maximum atomic E-state index is 12.1. The van der Waals surface area contributed by atoms with Crippen LogP contribution in [0.25, 0.3) is 0 Å². The van der Waals surface area contributed by atoms with Crippen molar-refractivity contribution in [1.82, 2.24) is 14.9 Å². The SMILES string of the molecule is CCC1CN(C(=O)c2cncc(Cl)n2)CCO1. The van der Waals surface area contributed by atoms with Crippen LogP contribution in [0.1, 0.15) is 23.8 Å². The van der Waals surface area contributed by atoms with Crippen molar-refractivity contribution >= 4 is 17.5 Å². The average Bonchev–Trinajstić information content (AvgIpc) is 2.38. The van der Waals surface area contributed by atoms with Crippen molar-refractivity contribution in [2.75, 3.05) is 19.7 Å². The summed E-state index contributed by atoms with van der Waals surface area (Å²) in [7, 11) is 0. The highest BCUT2D eigenvalue weighted by atomic mass is 35.5. The van der Waals surface area contributed by atoms with E-state index in [1.54, 1.807) is 4.90 Å². The minimum Gasteiger partial charge on any atom is -0.375 e. The van der Waals surface area contributed by atoms with Gasteiger partial charge in [-0.05, 0) is 6.42 Å². The van der Waals surface area contributed by atoms with Crippen molar-refractivity contribution in [3.05, 3.63) is 23.2 Å². The molecule has 1 aromatic rings. The molecule has 0 saturated carbocycles. The second kappa shape index (κ2) is 5.42. The zero-order valence-electron chi connectivity index (χ0n) is 9.60. The van der Waals surface area contributed by atoms with E-state index in [1.165, 1.54) is 12.4 Å². The van der Waals surface area contributed by atoms with Gasteiger partial charge in [0.1, 0.15) is 10.8 Å². The molecular formula is C11H14ClN3O2. The van der Waals surface area contributed by atoms with Crippen molar-refractivity contribution < 1.29 is 9.53 Å². The Morgan fingerprint density at radius 2 is 2.47 bits per heavy atom. The van der Waals surface area contributed by atoms with Crippen LogP contribution in [0.15, 0.2) is 12.4 Å². The summed E-state index contributed by atoms with van der Waals surface area (Å²) in [6, 6.07) is 0. The van der Waals surface area contributed by atoms with Gasteiger partial charge in [0.15, 0.2) is 0 Å². The molecule has 0 aliphatic carbocycles. The molecule has 1 aliphatic heterocycles. The van der Waals surface area contributed by atoms with E-state index in [9.17, 15) is 4.79 Å². The van der Waals surface area contributed by atoms with Gasteiger partial charge in [-0.1, -0.05) is 18.5 Å². The Labute approximate surface area is 105 Å². The topological polar surface area (TPSA) is 55.3 Å². The van der Waals surface area contributed by atoms with E-state index < -0.39 is 0 Å². The van der Waals surface area contributed by atoms with E-state index in [0.29, 0.717) is 19.7 Å². The van der Waals surface area contributed by atoms with Crippen molar-refractivity contribution in [1.29, 1.82) is 0 Å². The molecule has 2 heterocycles. The van der Waals surface area contributed by atoms with Crippen LogP contribution < -0.4 is 0 Å². The molecular weight excluding hydrogens is 242 g/mol. The second-order valence-corrected chi connectivity index (χ2v) is 4.27. The Balaban J connectivity index is 2.09. The molecule has 17 heavy (non-hydrogen) atoms. The summed E-state index contributed by atoms with van der Waals surface area (Å²) in [6.45, 7) is 3.79. The van der Waals surface area contributed by atoms with Crippen molar-refractivity contribution in [3.8, 4) is 0 Å². The largest absolute Gasteiger partial charge is 0.375 e. The summed E-state index contributed by atoms with van der Waals surface area (Å²) in [5, 5.41) is 0.233. The average molecular weight is 256 g/mol. The molecule has 1 atom stereocenters. The molecule has 0 spiro atoms. The number of hydrogen-bond donors (Lipinski definition) is 0. The van der Waals surface area contributed by atoms with Gasteiger partial charge in [-0.15, -0.1) is 0 Å². The van der Waals surface area contributed by atoms with Gasteiger partial charge in [-0.2, -0.15) is 0 Å². The van der Waals surface area contributed by atoms with Crippen molar-refractivity contribution in [2.45, 2.75) is 19.4 Å². The Bertz CT molecular complexity index is 413. The van der Waals surface area contributed by atoms with Gasteiger partial charge < -0.3 is 9.64 Å². The van der Waals surface area contributed by atoms with E-state index >= 15 is 0 Å². The molecule has 92 valence electrons. The van der Waals surface area contributed by atoms with Crippen LogP contribution in [0.3, 0.4) is 0 Å². The van der Waals surface area contributed by atoms with Gasteiger partial charge in [0.2, 0.25) is 0 Å². The van der Waals surface area contributed by atoms with Crippen LogP contribution in [-0.2, 0) is 4.74 Å². The first-order chi connectivity index (χ1) is 8.20. The number of nitrogens with zero attached hydrogens (tertiary/aromatic N) is 3. The fourth-order valence-corrected chi connectivity index (χ4v) is 1.91. The standard InChI is InChI=1S/C11H14ClN3O2/c1-2-8-7-15(3-4-17-8)11(16)9-5-13-6-10(12)14-9/h5-6,8H,2-4,7H2,1H3. The fourth-order valence-electron chi connectivity index (χ4n) is 1.76. The second-order valence-electron chi connectivity index (χ2n) is 3.88. The van der Waals surface area contributed by atoms with Crippen molar-refractivity contribution in [3.63, 3.8) is 0 Å². The monoisotopic (exact) mass is 255 g/mol. The predicted octanol–water partition coefficient (Wildman–Crippen LogP) is 1.38. The van der Waals surface area contributed by atoms with Crippen LogP contribution in [0, 0.1) is 0 Å². The number of halogens is 1. The van der Waals surface area contributed by atoms with Crippen LogP contribution in [0.2, 0.25) is 5.15 Å². The highest BCUT2D eigenvalue weighted by Crippen LogP contribution is 2.12. The third kappa shape index (κ3) is 2.92. The lowest BCUT2D eigenvalue weighted by Crippen LogP contribution is -2.45. The molecule has 1 aromatic heterocycles. The summed E-state index contributed by atoms with van der Waals surface area (Å²) >= 11 is 5.71. The summed E-state index contributed by atoms with van der Waals surface area (Å²) in [4.78, 5) is 21.7. The third-order valence-electron chi connectivity index (χ3n) is 2.71. The molecule has 1 amide bonds. The van der Waals surface area contributed by atoms with E-state index in [0.717, 1.165) is 6.42 Å². The molecule has 0 bridgehead atoms. The third-order valence-corrected chi connectivity index (χ3v) is 2.89. The zero-order chi connectivity index (χ0) is 12.3. The number of aromatic nitrogens is 2. The molecule has 1 aliphatic rings. The van der Waals surface area contributed by atoms with E-state index in [4.69, 9.17) is 16.3 Å². The first-order valence-corrected chi connectivity index (χ1v) is 5.97. The quantitative estimate of drug-likeness (QED) is 0.801. The van der Waals surface area contributed by atoms with Crippen LogP contribution in [0.4, 0.5) is 0 Å². The number of carbonyl (C=O) groups is 1. The van der Waals surface area contributed by atoms with Crippen LogP contribution in [0.5, 0.6) is 0 Å². The number of hydrogen-bond acceptors (Lipinski definition) is 4. The fraction of sp³-hybridized carbons (Fsp3) is 0.545. The Kier molecular flexibility index (Phi) is 3.91. The van der Waals surface area contributed by atoms with Gasteiger partial charge in [-0.3, -0.25) is 9.78 Å². The van der Waals surface area contributed by atoms with E-state index in [2.05, 4.69) is 9.97 Å². The lowest BCUT2D eigenvalue weighted by atomic mass is 10.2. The summed E-state index contributed by atoms with van der Waals surface area (Å²) in [5.41, 5.74) is 0.286. The number of amides is 1. The van der Waals surface area contributed by atoms with Gasteiger partial charge in [0, 0.05) is 13.1 Å². The minimum absolute atomic E-state index is 0.111. The van der Waals surface area contributed by atoms with E-state index in [1.807, 2.05) is 6.92 Å². The maximum absolute atomic E-state index is 12.1. The highest BCUT2D eigenvalue weighted by Gasteiger charge is 2.24. The van der Waals surface area contributed by atoms with Crippen LogP contribution in [-0.4, -0.2) is 46.6 Å². The molecule has 0 N–H and O–H groups in total. The molecule has 5 nitrogen and oxygen atoms in total. The smallest absolute Gasteiger partial charge is 0.274 e. The van der Waals surface area contributed by atoms with Crippen LogP contribution >= 0.6 is 11.6 Å². The lowest BCUT2D eigenvalue weighted by molar-refractivity contribution is -0.0228. The molecule has 1 unspecified atom stereocenters. The lowest BCUT2D eigenvalue weighted by Gasteiger charge is -2.32. The number of morpholine rings is 1. The number of carbonyl (C=O) groups excluding carboxylic acids is 1.